The van der Waals surface area contributed by atoms with Gasteiger partial charge in [-0.3, -0.25) is 4.21 Å². The van der Waals surface area contributed by atoms with Crippen LogP contribution in [0.2, 0.25) is 0 Å². The summed E-state index contributed by atoms with van der Waals surface area (Å²) in [5.41, 5.74) is 1.45. The van der Waals surface area contributed by atoms with Crippen LogP contribution in [0, 0.1) is 0 Å². The first-order chi connectivity index (χ1) is 8.20. The van der Waals surface area contributed by atoms with Crippen LogP contribution in [0.1, 0.15) is 36.2 Å². The van der Waals surface area contributed by atoms with Gasteiger partial charge in [0.05, 0.1) is 3.79 Å². The molecule has 0 aromatic carbocycles. The minimum absolute atomic E-state index is 0.468. The van der Waals surface area contributed by atoms with Gasteiger partial charge in [0.2, 0.25) is 0 Å². The van der Waals surface area contributed by atoms with Crippen LogP contribution in [0.15, 0.2) is 9.85 Å². The summed E-state index contributed by atoms with van der Waals surface area (Å²) < 4.78 is 12.6. The lowest BCUT2D eigenvalue weighted by molar-refractivity contribution is 0.477. The van der Waals surface area contributed by atoms with E-state index in [1.165, 1.54) is 33.5 Å². The monoisotopic (exact) mass is 335 g/mol. The number of halogens is 1. The fourth-order valence-corrected chi connectivity index (χ4v) is 4.68. The molecule has 1 aromatic rings. The highest BCUT2D eigenvalue weighted by atomic mass is 79.9. The first-order valence-corrected chi connectivity index (χ1v) is 9.17. The van der Waals surface area contributed by atoms with Crippen molar-refractivity contribution in [3.05, 3.63) is 20.3 Å². The number of hydrogen-bond donors (Lipinski definition) is 1. The number of nitrogens with one attached hydrogen (secondary N) is 1. The molecule has 0 amide bonds. The molecule has 0 saturated heterocycles. The van der Waals surface area contributed by atoms with Crippen molar-refractivity contribution in [2.24, 2.45) is 0 Å². The summed E-state index contributed by atoms with van der Waals surface area (Å²) in [7, 11) is -0.653. The lowest BCUT2D eigenvalue weighted by Crippen LogP contribution is -2.28. The van der Waals surface area contributed by atoms with E-state index in [1.807, 2.05) is 18.3 Å². The summed E-state index contributed by atoms with van der Waals surface area (Å²) in [5, 5.41) is 3.55. The Morgan fingerprint density at radius 3 is 3.24 bits per heavy atom. The molecule has 0 spiro atoms. The Morgan fingerprint density at radius 1 is 1.65 bits per heavy atom. The minimum atomic E-state index is -0.653. The Balaban J connectivity index is 1.92. The van der Waals surface area contributed by atoms with E-state index in [0.717, 1.165) is 18.1 Å². The van der Waals surface area contributed by atoms with Gasteiger partial charge in [-0.1, -0.05) is 6.92 Å². The van der Waals surface area contributed by atoms with Crippen molar-refractivity contribution in [2.45, 2.75) is 32.2 Å². The Bertz CT molecular complexity index is 405. The molecular weight excluding hydrogens is 318 g/mol. The van der Waals surface area contributed by atoms with Crippen LogP contribution in [-0.4, -0.2) is 22.3 Å². The average molecular weight is 336 g/mol. The summed E-state index contributed by atoms with van der Waals surface area (Å²) in [6.07, 6.45) is 3.67. The number of aryl methyl sites for hydroxylation is 1. The third-order valence-electron chi connectivity index (χ3n) is 3.13. The van der Waals surface area contributed by atoms with Gasteiger partial charge in [0.1, 0.15) is 0 Å². The van der Waals surface area contributed by atoms with E-state index < -0.39 is 10.8 Å². The van der Waals surface area contributed by atoms with Gasteiger partial charge in [-0.15, -0.1) is 11.3 Å². The summed E-state index contributed by atoms with van der Waals surface area (Å²) in [6.45, 7) is 2.84. The first kappa shape index (κ1) is 13.7. The second kappa shape index (κ2) is 6.45. The fraction of sp³-hybridized carbons (Fsp3) is 0.667. The van der Waals surface area contributed by atoms with Gasteiger partial charge in [0.25, 0.3) is 0 Å². The van der Waals surface area contributed by atoms with E-state index >= 15 is 0 Å². The van der Waals surface area contributed by atoms with Crippen LogP contribution in [0.4, 0.5) is 0 Å². The maximum Gasteiger partial charge on any atom is 0.0704 e. The van der Waals surface area contributed by atoms with E-state index in [2.05, 4.69) is 27.3 Å². The van der Waals surface area contributed by atoms with Gasteiger partial charge in [-0.25, -0.2) is 0 Å². The second-order valence-electron chi connectivity index (χ2n) is 4.26. The van der Waals surface area contributed by atoms with Crippen molar-refractivity contribution < 1.29 is 4.21 Å². The topological polar surface area (TPSA) is 29.1 Å². The molecular formula is C12H18BrNOS2. The van der Waals surface area contributed by atoms with Crippen molar-refractivity contribution in [2.75, 3.05) is 18.1 Å². The van der Waals surface area contributed by atoms with Crippen LogP contribution >= 0.6 is 27.3 Å². The molecule has 0 bridgehead atoms. The van der Waals surface area contributed by atoms with Crippen LogP contribution in [0.25, 0.3) is 0 Å². The van der Waals surface area contributed by atoms with Gasteiger partial charge < -0.3 is 5.32 Å². The lowest BCUT2D eigenvalue weighted by Gasteiger charge is -2.23. The average Bonchev–Trinajstić information content (AvgIpc) is 2.70. The number of thiophene rings is 1. The van der Waals surface area contributed by atoms with Gasteiger partial charge in [0.15, 0.2) is 0 Å². The normalized spacial score (nSPS) is 21.2. The highest BCUT2D eigenvalue weighted by Crippen LogP contribution is 2.37. The third-order valence-corrected chi connectivity index (χ3v) is 6.14. The molecule has 2 atom stereocenters. The van der Waals surface area contributed by atoms with Crippen LogP contribution < -0.4 is 5.32 Å². The first-order valence-electron chi connectivity index (χ1n) is 6.07. The van der Waals surface area contributed by atoms with Gasteiger partial charge >= 0.3 is 0 Å². The predicted molar refractivity (Wildman–Crippen MR) is 79.3 cm³/mol. The van der Waals surface area contributed by atoms with Crippen molar-refractivity contribution in [1.29, 1.82) is 0 Å². The maximum atomic E-state index is 11.4. The summed E-state index contributed by atoms with van der Waals surface area (Å²) >= 11 is 5.42. The van der Waals surface area contributed by atoms with Crippen LogP contribution in [0.5, 0.6) is 0 Å². The molecule has 96 valence electrons. The van der Waals surface area contributed by atoms with Crippen LogP contribution in [-0.2, 0) is 17.2 Å². The number of hydrogen-bond acceptors (Lipinski definition) is 3. The molecule has 0 radical (unpaired) electrons. The standard InChI is InChI=1S/C12H18BrNOS2/c1-2-17(15)7-6-14-10-4-3-5-11-9(10)8-12(13)16-11/h8,10,14H,2-7H2,1H3. The quantitative estimate of drug-likeness (QED) is 0.894. The van der Waals surface area contributed by atoms with E-state index in [1.54, 1.807) is 0 Å². The number of rotatable bonds is 5. The van der Waals surface area contributed by atoms with Crippen LogP contribution in [0.3, 0.4) is 0 Å². The van der Waals surface area contributed by atoms with Crippen molar-refractivity contribution in [1.82, 2.24) is 5.32 Å². The smallest absolute Gasteiger partial charge is 0.0704 e. The molecule has 0 saturated carbocycles. The maximum absolute atomic E-state index is 11.4. The molecule has 1 aliphatic rings. The lowest BCUT2D eigenvalue weighted by atomic mass is 9.94. The molecule has 1 aliphatic carbocycles. The fourth-order valence-electron chi connectivity index (χ4n) is 2.22. The van der Waals surface area contributed by atoms with E-state index in [0.29, 0.717) is 6.04 Å². The Morgan fingerprint density at radius 2 is 2.47 bits per heavy atom. The second-order valence-corrected chi connectivity index (χ2v) is 8.64. The van der Waals surface area contributed by atoms with Gasteiger partial charge in [-0.2, -0.15) is 0 Å². The Labute approximate surface area is 118 Å². The van der Waals surface area contributed by atoms with Crippen molar-refractivity contribution >= 4 is 38.1 Å². The van der Waals surface area contributed by atoms with E-state index in [-0.39, 0.29) is 0 Å². The molecule has 2 rings (SSSR count). The molecule has 17 heavy (non-hydrogen) atoms. The highest BCUT2D eigenvalue weighted by Gasteiger charge is 2.21. The molecule has 1 N–H and O–H groups in total. The number of fused-ring (bicyclic) bond motifs is 1. The van der Waals surface area contributed by atoms with E-state index in [4.69, 9.17) is 0 Å². The molecule has 2 unspecified atom stereocenters. The van der Waals surface area contributed by atoms with E-state index in [9.17, 15) is 4.21 Å². The highest BCUT2D eigenvalue weighted by molar-refractivity contribution is 9.11. The van der Waals surface area contributed by atoms with Gasteiger partial charge in [-0.05, 0) is 46.8 Å². The zero-order chi connectivity index (χ0) is 12.3. The molecule has 5 heteroatoms. The molecule has 0 aliphatic heterocycles. The molecule has 2 nitrogen and oxygen atoms in total. The van der Waals surface area contributed by atoms with Crippen molar-refractivity contribution in [3.8, 4) is 0 Å². The molecule has 1 heterocycles. The zero-order valence-electron chi connectivity index (χ0n) is 10.0. The Hall–Kier alpha value is 0.290. The minimum Gasteiger partial charge on any atom is -0.309 e. The third kappa shape index (κ3) is 3.63. The predicted octanol–water partition coefficient (Wildman–Crippen LogP) is 3.25. The summed E-state index contributed by atoms with van der Waals surface area (Å²) in [5.74, 6) is 1.54. The molecule has 0 fully saturated rings. The van der Waals surface area contributed by atoms with Gasteiger partial charge in [0, 0.05) is 39.8 Å². The summed E-state index contributed by atoms with van der Waals surface area (Å²) in [6, 6.07) is 2.71. The Kier molecular flexibility index (Phi) is 5.21. The summed E-state index contributed by atoms with van der Waals surface area (Å²) in [4.78, 5) is 1.51. The SMILES string of the molecule is CCS(=O)CCNC1CCCc2sc(Br)cc21. The largest absolute Gasteiger partial charge is 0.309 e. The van der Waals surface area contributed by atoms with Crippen molar-refractivity contribution in [3.63, 3.8) is 0 Å². The zero-order valence-corrected chi connectivity index (χ0v) is 13.2. The molecule has 1 aromatic heterocycles.